The minimum absolute atomic E-state index is 0.0741. The first-order chi connectivity index (χ1) is 12.5. The molecular weight excluding hydrogens is 360 g/mol. The van der Waals surface area contributed by atoms with E-state index in [1.165, 1.54) is 6.92 Å². The van der Waals surface area contributed by atoms with Crippen LogP contribution in [0.15, 0.2) is 0 Å². The van der Waals surface area contributed by atoms with E-state index in [4.69, 9.17) is 28.4 Å². The minimum atomic E-state index is -1.47. The van der Waals surface area contributed by atoms with Crippen LogP contribution in [0, 0.1) is 5.92 Å². The molecule has 0 bridgehead atoms. The van der Waals surface area contributed by atoms with Crippen molar-refractivity contribution in [2.24, 2.45) is 5.92 Å². The van der Waals surface area contributed by atoms with Crippen LogP contribution in [0.4, 0.5) is 0 Å². The molecule has 2 N–H and O–H groups in total. The van der Waals surface area contributed by atoms with E-state index in [0.717, 1.165) is 0 Å². The lowest BCUT2D eigenvalue weighted by atomic mass is 9.91. The Morgan fingerprint density at radius 2 is 1.59 bits per heavy atom. The van der Waals surface area contributed by atoms with Crippen molar-refractivity contribution < 1.29 is 43.4 Å². The molecule has 3 aliphatic heterocycles. The summed E-state index contributed by atoms with van der Waals surface area (Å²) < 4.78 is 34.5. The standard InChI is InChI=1S/C18H30O9/c1-7-8(2)23-17(15-12(7)26-18(5,6)27-15)25-14-11(20)16(21)22-9(3)13(14)24-10(4)19/h7-9,11-17,20-21H,1-6H3/t7-,8?,9?,11?,12-,13-,14-,15?,16-,17-/m0/s1. The first-order valence-electron chi connectivity index (χ1n) is 9.35. The van der Waals surface area contributed by atoms with Crippen LogP contribution < -0.4 is 0 Å². The molecule has 0 aromatic heterocycles. The molecule has 3 saturated heterocycles. The fourth-order valence-electron chi connectivity index (χ4n) is 3.89. The van der Waals surface area contributed by atoms with Crippen molar-refractivity contribution in [2.75, 3.05) is 0 Å². The van der Waals surface area contributed by atoms with Gasteiger partial charge in [-0.15, -0.1) is 0 Å². The van der Waals surface area contributed by atoms with E-state index < -0.39 is 54.9 Å². The zero-order valence-electron chi connectivity index (χ0n) is 16.5. The van der Waals surface area contributed by atoms with Gasteiger partial charge in [0.05, 0.1) is 18.3 Å². The monoisotopic (exact) mass is 390 g/mol. The predicted octanol–water partition coefficient (Wildman–Crippen LogP) is 0.302. The molecule has 3 aliphatic rings. The molecule has 3 rings (SSSR count). The van der Waals surface area contributed by atoms with E-state index in [1.54, 1.807) is 6.92 Å². The quantitative estimate of drug-likeness (QED) is 0.657. The van der Waals surface area contributed by atoms with Crippen LogP contribution in [-0.4, -0.2) is 77.3 Å². The number of rotatable bonds is 3. The lowest BCUT2D eigenvalue weighted by Gasteiger charge is -2.45. The van der Waals surface area contributed by atoms with Gasteiger partial charge in [0.15, 0.2) is 24.5 Å². The van der Waals surface area contributed by atoms with Crippen LogP contribution in [0.3, 0.4) is 0 Å². The van der Waals surface area contributed by atoms with Crippen LogP contribution in [0.1, 0.15) is 41.5 Å². The van der Waals surface area contributed by atoms with Crippen LogP contribution in [-0.2, 0) is 33.2 Å². The zero-order valence-corrected chi connectivity index (χ0v) is 16.5. The van der Waals surface area contributed by atoms with Crippen LogP contribution in [0.5, 0.6) is 0 Å². The van der Waals surface area contributed by atoms with Crippen molar-refractivity contribution in [1.29, 1.82) is 0 Å². The summed E-state index contributed by atoms with van der Waals surface area (Å²) in [6.45, 7) is 10.4. The van der Waals surface area contributed by atoms with Crippen molar-refractivity contribution in [3.05, 3.63) is 0 Å². The third kappa shape index (κ3) is 4.14. The maximum atomic E-state index is 11.5. The van der Waals surface area contributed by atoms with Crippen LogP contribution >= 0.6 is 0 Å². The molecule has 27 heavy (non-hydrogen) atoms. The van der Waals surface area contributed by atoms with Gasteiger partial charge < -0.3 is 38.6 Å². The largest absolute Gasteiger partial charge is 0.457 e. The summed E-state index contributed by atoms with van der Waals surface area (Å²) in [5.41, 5.74) is 0. The second-order valence-electron chi connectivity index (χ2n) is 8.03. The summed E-state index contributed by atoms with van der Waals surface area (Å²) in [5.74, 6) is -1.27. The number of esters is 1. The molecule has 3 heterocycles. The SMILES string of the molecule is CC(=O)O[C@H]1C(C)O[C@H](O)C(O)[C@@H]1O[C@@H]1OC(C)[C@H](C)[C@@H]2OC(C)(C)OC12. The van der Waals surface area contributed by atoms with Gasteiger partial charge in [-0.3, -0.25) is 4.79 Å². The van der Waals surface area contributed by atoms with Crippen molar-refractivity contribution in [3.8, 4) is 0 Å². The Morgan fingerprint density at radius 1 is 0.963 bits per heavy atom. The molecule has 3 fully saturated rings. The number of ether oxygens (including phenoxy) is 6. The van der Waals surface area contributed by atoms with E-state index >= 15 is 0 Å². The van der Waals surface area contributed by atoms with E-state index in [-0.39, 0.29) is 18.1 Å². The van der Waals surface area contributed by atoms with Gasteiger partial charge in [-0.25, -0.2) is 0 Å². The summed E-state index contributed by atoms with van der Waals surface area (Å²) in [4.78, 5) is 11.5. The lowest BCUT2D eigenvalue weighted by Crippen LogP contribution is -2.62. The highest BCUT2D eigenvalue weighted by atomic mass is 16.8. The first-order valence-corrected chi connectivity index (χ1v) is 9.35. The van der Waals surface area contributed by atoms with Gasteiger partial charge in [-0.05, 0) is 27.7 Å². The molecule has 0 saturated carbocycles. The predicted molar refractivity (Wildman–Crippen MR) is 90.3 cm³/mol. The van der Waals surface area contributed by atoms with E-state index in [2.05, 4.69) is 0 Å². The Hall–Kier alpha value is -0.810. The van der Waals surface area contributed by atoms with Crippen LogP contribution in [0.2, 0.25) is 0 Å². The van der Waals surface area contributed by atoms with Gasteiger partial charge in [-0.2, -0.15) is 0 Å². The fraction of sp³-hybridized carbons (Fsp3) is 0.944. The molecule has 0 radical (unpaired) electrons. The molecule has 0 aromatic rings. The summed E-state index contributed by atoms with van der Waals surface area (Å²) >= 11 is 0. The molecule has 9 heteroatoms. The van der Waals surface area contributed by atoms with Crippen molar-refractivity contribution in [3.63, 3.8) is 0 Å². The second-order valence-corrected chi connectivity index (χ2v) is 8.03. The highest BCUT2D eigenvalue weighted by Gasteiger charge is 2.56. The normalized spacial score (nSPS) is 49.5. The van der Waals surface area contributed by atoms with Crippen molar-refractivity contribution in [1.82, 2.24) is 0 Å². The lowest BCUT2D eigenvalue weighted by molar-refractivity contribution is -0.339. The Bertz CT molecular complexity index is 553. The second kappa shape index (κ2) is 7.55. The minimum Gasteiger partial charge on any atom is -0.457 e. The van der Waals surface area contributed by atoms with Gasteiger partial charge in [0.2, 0.25) is 0 Å². The first kappa shape index (κ1) is 20.9. The Morgan fingerprint density at radius 3 is 2.22 bits per heavy atom. The number of aliphatic hydroxyl groups excluding tert-OH is 2. The summed E-state index contributed by atoms with van der Waals surface area (Å²) in [6.07, 6.45) is -7.34. The third-order valence-corrected chi connectivity index (χ3v) is 5.40. The molecule has 10 atom stereocenters. The topological polar surface area (TPSA) is 113 Å². The number of carbonyl (C=O) groups is 1. The van der Waals surface area contributed by atoms with E-state index in [1.807, 2.05) is 27.7 Å². The maximum absolute atomic E-state index is 11.5. The fourth-order valence-corrected chi connectivity index (χ4v) is 3.89. The molecule has 9 nitrogen and oxygen atoms in total. The Kier molecular flexibility index (Phi) is 5.85. The highest BCUT2D eigenvalue weighted by Crippen LogP contribution is 2.41. The Labute approximate surface area is 158 Å². The zero-order chi connectivity index (χ0) is 20.1. The number of carbonyl (C=O) groups excluding carboxylic acids is 1. The van der Waals surface area contributed by atoms with Gasteiger partial charge in [-0.1, -0.05) is 6.92 Å². The molecule has 0 amide bonds. The number of hydrogen-bond acceptors (Lipinski definition) is 9. The van der Waals surface area contributed by atoms with Gasteiger partial charge >= 0.3 is 5.97 Å². The third-order valence-electron chi connectivity index (χ3n) is 5.40. The molecule has 4 unspecified atom stereocenters. The summed E-state index contributed by atoms with van der Waals surface area (Å²) in [6, 6.07) is 0. The summed E-state index contributed by atoms with van der Waals surface area (Å²) in [7, 11) is 0. The van der Waals surface area contributed by atoms with E-state index in [9.17, 15) is 15.0 Å². The van der Waals surface area contributed by atoms with Gasteiger partial charge in [0, 0.05) is 12.8 Å². The van der Waals surface area contributed by atoms with Gasteiger partial charge in [0.25, 0.3) is 0 Å². The van der Waals surface area contributed by atoms with Crippen molar-refractivity contribution >= 4 is 5.97 Å². The molecule has 0 aromatic carbocycles. The van der Waals surface area contributed by atoms with Gasteiger partial charge in [0.1, 0.15) is 18.3 Å². The molecule has 0 aliphatic carbocycles. The maximum Gasteiger partial charge on any atom is 0.303 e. The average Bonchev–Trinajstić information content (AvgIpc) is 2.89. The smallest absolute Gasteiger partial charge is 0.303 e. The van der Waals surface area contributed by atoms with E-state index in [0.29, 0.717) is 0 Å². The number of fused-ring (bicyclic) bond motifs is 1. The molecule has 0 spiro atoms. The number of aliphatic hydroxyl groups is 2. The van der Waals surface area contributed by atoms with Crippen LogP contribution in [0.25, 0.3) is 0 Å². The highest BCUT2D eigenvalue weighted by molar-refractivity contribution is 5.66. The average molecular weight is 390 g/mol. The molecular formula is C18H30O9. The molecule has 156 valence electrons. The number of hydrogen-bond donors (Lipinski definition) is 2. The Balaban J connectivity index is 1.82. The van der Waals surface area contributed by atoms with Crippen molar-refractivity contribution in [2.45, 2.75) is 103 Å². The summed E-state index contributed by atoms with van der Waals surface area (Å²) in [5, 5.41) is 20.4.